The maximum absolute atomic E-state index is 12.5. The predicted octanol–water partition coefficient (Wildman–Crippen LogP) is 3.03. The van der Waals surface area contributed by atoms with Gasteiger partial charge in [0.15, 0.2) is 11.6 Å². The van der Waals surface area contributed by atoms with E-state index in [0.717, 1.165) is 0 Å². The molecule has 2 aliphatic carbocycles. The lowest BCUT2D eigenvalue weighted by molar-refractivity contribution is 0.0820. The van der Waals surface area contributed by atoms with E-state index < -0.39 is 11.5 Å². The van der Waals surface area contributed by atoms with E-state index in [1.807, 2.05) is 43.3 Å². The maximum Gasteiger partial charge on any atom is 0.174 e. The van der Waals surface area contributed by atoms with Crippen LogP contribution in [0.15, 0.2) is 48.6 Å². The Morgan fingerprint density at radius 2 is 1.71 bits per heavy atom. The third kappa shape index (κ3) is 2.42. The lowest BCUT2D eigenvalue weighted by Crippen LogP contribution is -2.48. The molecule has 4 nitrogen and oxygen atoms in total. The normalized spacial score (nSPS) is 26.0. The van der Waals surface area contributed by atoms with Crippen molar-refractivity contribution in [2.75, 3.05) is 14.1 Å². The van der Waals surface area contributed by atoms with Gasteiger partial charge in [0.1, 0.15) is 5.54 Å². The summed E-state index contributed by atoms with van der Waals surface area (Å²) in [5.41, 5.74) is 0.336. The molecule has 0 aliphatic heterocycles. The van der Waals surface area contributed by atoms with Gasteiger partial charge in [-0.3, -0.25) is 14.5 Å². The van der Waals surface area contributed by atoms with Gasteiger partial charge in [-0.15, -0.1) is 0 Å². The number of hydrogen-bond acceptors (Lipinski definition) is 4. The summed E-state index contributed by atoms with van der Waals surface area (Å²) in [7, 11) is 3.75. The van der Waals surface area contributed by atoms with Crippen molar-refractivity contribution in [2.45, 2.75) is 18.4 Å². The highest BCUT2D eigenvalue weighted by Gasteiger charge is 2.42. The van der Waals surface area contributed by atoms with Gasteiger partial charge < -0.3 is 0 Å². The Balaban J connectivity index is 1.78. The molecule has 0 fully saturated rings. The Morgan fingerprint density at radius 3 is 2.25 bits per heavy atom. The van der Waals surface area contributed by atoms with Crippen molar-refractivity contribution in [3.63, 3.8) is 0 Å². The minimum atomic E-state index is -0.730. The van der Waals surface area contributed by atoms with Crippen LogP contribution in [0, 0.1) is 23.2 Å². The summed E-state index contributed by atoms with van der Waals surface area (Å²) < 4.78 is 0. The fourth-order valence-electron chi connectivity index (χ4n) is 3.70. The Kier molecular flexibility index (Phi) is 4.21. The molecular formula is C20H20N2O2. The Labute approximate surface area is 142 Å². The van der Waals surface area contributed by atoms with E-state index in [1.165, 1.54) is 0 Å². The number of hydrogen-bond donors (Lipinski definition) is 0. The number of rotatable bonds is 4. The third-order valence-electron chi connectivity index (χ3n) is 5.15. The Hall–Kier alpha value is -2.51. The van der Waals surface area contributed by atoms with E-state index in [4.69, 9.17) is 0 Å². The molecule has 24 heavy (non-hydrogen) atoms. The standard InChI is InChI=1S/C20H20N2O2/c1-22(2)20(13-21)12-6-5-7-14(20)10-11-17-18(23)15-8-3-4-9-16(15)19(17)24/h3-9,12,14,17H,10-11H2,1-2H3. The molecule has 0 saturated heterocycles. The van der Waals surface area contributed by atoms with Gasteiger partial charge in [-0.05, 0) is 33.0 Å². The first-order chi connectivity index (χ1) is 11.5. The molecule has 2 aliphatic rings. The van der Waals surface area contributed by atoms with Crippen molar-refractivity contribution in [2.24, 2.45) is 11.8 Å². The van der Waals surface area contributed by atoms with Crippen molar-refractivity contribution in [1.82, 2.24) is 4.90 Å². The van der Waals surface area contributed by atoms with Crippen molar-refractivity contribution >= 4 is 11.6 Å². The largest absolute Gasteiger partial charge is 0.293 e. The topological polar surface area (TPSA) is 61.2 Å². The minimum absolute atomic E-state index is 0.0492. The van der Waals surface area contributed by atoms with E-state index >= 15 is 0 Å². The van der Waals surface area contributed by atoms with Crippen LogP contribution in [0.25, 0.3) is 0 Å². The van der Waals surface area contributed by atoms with Crippen molar-refractivity contribution < 1.29 is 9.59 Å². The van der Waals surface area contributed by atoms with E-state index in [-0.39, 0.29) is 17.5 Å². The molecule has 0 aromatic heterocycles. The molecule has 122 valence electrons. The van der Waals surface area contributed by atoms with E-state index in [9.17, 15) is 14.9 Å². The van der Waals surface area contributed by atoms with Gasteiger partial charge in [0.05, 0.1) is 12.0 Å². The number of carbonyl (C=O) groups is 2. The monoisotopic (exact) mass is 320 g/mol. The number of ketones is 2. The summed E-state index contributed by atoms with van der Waals surface area (Å²) in [5.74, 6) is -0.830. The summed E-state index contributed by atoms with van der Waals surface area (Å²) in [5, 5.41) is 9.71. The smallest absolute Gasteiger partial charge is 0.174 e. The Morgan fingerprint density at radius 1 is 1.08 bits per heavy atom. The zero-order valence-corrected chi connectivity index (χ0v) is 13.9. The van der Waals surface area contributed by atoms with Gasteiger partial charge in [0.2, 0.25) is 0 Å². The SMILES string of the molecule is CN(C)C1(C#N)C=CC=CC1CCC1C(=O)c2ccccc2C1=O. The summed E-state index contributed by atoms with van der Waals surface area (Å²) in [6.45, 7) is 0. The first kappa shape index (κ1) is 16.4. The second kappa shape index (κ2) is 6.18. The summed E-state index contributed by atoms with van der Waals surface area (Å²) >= 11 is 0. The van der Waals surface area contributed by atoms with Gasteiger partial charge in [-0.2, -0.15) is 5.26 Å². The van der Waals surface area contributed by atoms with Gasteiger partial charge in [-0.25, -0.2) is 0 Å². The number of nitrogens with zero attached hydrogens (tertiary/aromatic N) is 2. The number of carbonyl (C=O) groups excluding carboxylic acids is 2. The molecule has 0 amide bonds. The van der Waals surface area contributed by atoms with Crippen LogP contribution in [0.1, 0.15) is 33.6 Å². The van der Waals surface area contributed by atoms with Crippen LogP contribution < -0.4 is 0 Å². The molecule has 0 saturated carbocycles. The highest BCUT2D eigenvalue weighted by Crippen LogP contribution is 2.36. The average molecular weight is 320 g/mol. The molecule has 0 spiro atoms. The molecular weight excluding hydrogens is 300 g/mol. The fraction of sp³-hybridized carbons (Fsp3) is 0.350. The van der Waals surface area contributed by atoms with Crippen LogP contribution in [0.2, 0.25) is 0 Å². The molecule has 0 heterocycles. The summed E-state index contributed by atoms with van der Waals surface area (Å²) in [6.07, 6.45) is 8.78. The molecule has 0 N–H and O–H groups in total. The number of Topliss-reactive ketones (excluding diaryl/α,β-unsaturated/α-hetero) is 2. The van der Waals surface area contributed by atoms with Crippen LogP contribution in [-0.2, 0) is 0 Å². The zero-order chi connectivity index (χ0) is 17.3. The lowest BCUT2D eigenvalue weighted by atomic mass is 9.76. The van der Waals surface area contributed by atoms with Gasteiger partial charge in [-0.1, -0.05) is 42.5 Å². The second-order valence-electron chi connectivity index (χ2n) is 6.59. The highest BCUT2D eigenvalue weighted by atomic mass is 16.2. The first-order valence-corrected chi connectivity index (χ1v) is 8.13. The van der Waals surface area contributed by atoms with E-state index in [2.05, 4.69) is 6.07 Å². The summed E-state index contributed by atoms with van der Waals surface area (Å²) in [4.78, 5) is 26.9. The van der Waals surface area contributed by atoms with Crippen molar-refractivity contribution in [3.8, 4) is 6.07 Å². The fourth-order valence-corrected chi connectivity index (χ4v) is 3.70. The molecule has 1 aromatic rings. The number of allylic oxidation sites excluding steroid dienone is 2. The van der Waals surface area contributed by atoms with Crippen LogP contribution in [0.5, 0.6) is 0 Å². The molecule has 2 atom stereocenters. The number of benzene rings is 1. The van der Waals surface area contributed by atoms with Crippen LogP contribution >= 0.6 is 0 Å². The van der Waals surface area contributed by atoms with Crippen LogP contribution in [-0.4, -0.2) is 36.1 Å². The van der Waals surface area contributed by atoms with Gasteiger partial charge in [0.25, 0.3) is 0 Å². The average Bonchev–Trinajstić information content (AvgIpc) is 2.84. The highest BCUT2D eigenvalue weighted by molar-refractivity contribution is 6.26. The molecule has 2 unspecified atom stereocenters. The van der Waals surface area contributed by atoms with Crippen molar-refractivity contribution in [1.29, 1.82) is 5.26 Å². The first-order valence-electron chi connectivity index (χ1n) is 8.13. The van der Waals surface area contributed by atoms with E-state index in [0.29, 0.717) is 24.0 Å². The minimum Gasteiger partial charge on any atom is -0.293 e. The molecule has 1 aromatic carbocycles. The van der Waals surface area contributed by atoms with Gasteiger partial charge in [0, 0.05) is 17.0 Å². The number of likely N-dealkylation sites (N-methyl/N-ethyl adjacent to an activating group) is 1. The zero-order valence-electron chi connectivity index (χ0n) is 13.9. The number of nitriles is 1. The summed E-state index contributed by atoms with van der Waals surface area (Å²) in [6, 6.07) is 9.41. The molecule has 0 radical (unpaired) electrons. The maximum atomic E-state index is 12.5. The van der Waals surface area contributed by atoms with Crippen LogP contribution in [0.4, 0.5) is 0 Å². The molecule has 3 rings (SSSR count). The van der Waals surface area contributed by atoms with Gasteiger partial charge >= 0.3 is 0 Å². The van der Waals surface area contributed by atoms with Crippen LogP contribution in [0.3, 0.4) is 0 Å². The van der Waals surface area contributed by atoms with Crippen molar-refractivity contribution in [3.05, 3.63) is 59.7 Å². The Bertz CT molecular complexity index is 750. The predicted molar refractivity (Wildman–Crippen MR) is 91.6 cm³/mol. The molecule has 4 heteroatoms. The third-order valence-corrected chi connectivity index (χ3v) is 5.15. The second-order valence-corrected chi connectivity index (χ2v) is 6.59. The lowest BCUT2D eigenvalue weighted by Gasteiger charge is -2.38. The molecule has 0 bridgehead atoms. The number of fused-ring (bicyclic) bond motifs is 1. The van der Waals surface area contributed by atoms with E-state index in [1.54, 1.807) is 24.3 Å². The quantitative estimate of drug-likeness (QED) is 0.800.